The Morgan fingerprint density at radius 2 is 1.78 bits per heavy atom. The van der Waals surface area contributed by atoms with Crippen LogP contribution in [0.5, 0.6) is 5.75 Å². The zero-order valence-corrected chi connectivity index (χ0v) is 13.4. The molecule has 1 aromatic rings. The molecule has 0 bridgehead atoms. The number of ether oxygens (including phenoxy) is 2. The van der Waals surface area contributed by atoms with E-state index >= 15 is 0 Å². The van der Waals surface area contributed by atoms with Gasteiger partial charge in [0.05, 0.1) is 6.61 Å². The van der Waals surface area contributed by atoms with Crippen LogP contribution in [-0.2, 0) is 9.53 Å². The summed E-state index contributed by atoms with van der Waals surface area (Å²) in [6.45, 7) is 5.97. The summed E-state index contributed by atoms with van der Waals surface area (Å²) in [6, 6.07) is 6.54. The van der Waals surface area contributed by atoms with Crippen LogP contribution >= 0.6 is 0 Å². The molecule has 2 N–H and O–H groups in total. The molecule has 0 atom stereocenters. The van der Waals surface area contributed by atoms with Crippen LogP contribution in [0.15, 0.2) is 24.3 Å². The molecule has 7 heteroatoms. The molecule has 0 saturated carbocycles. The van der Waals surface area contributed by atoms with Gasteiger partial charge in [-0.05, 0) is 30.7 Å². The molecule has 2 rings (SSSR count). The maximum atomic E-state index is 11.5. The third kappa shape index (κ3) is 5.78. The van der Waals surface area contributed by atoms with Gasteiger partial charge in [0.15, 0.2) is 0 Å². The largest absolute Gasteiger partial charge is 0.513 e. The number of benzene rings is 1. The Bertz CT molecular complexity index is 525. The lowest BCUT2D eigenvalue weighted by molar-refractivity contribution is -0.130. The number of hydrogen-bond donors (Lipinski definition) is 1. The summed E-state index contributed by atoms with van der Waals surface area (Å²) in [5, 5.41) is 0. The molecule has 0 aromatic heterocycles. The average molecular weight is 321 g/mol. The third-order valence-corrected chi connectivity index (χ3v) is 3.74. The topological polar surface area (TPSA) is 85.1 Å². The standard InChI is InChI=1S/C16H23N3O4/c1-13(20)19-10-8-18(9-11-19)7-2-12-22-16(21)23-15-5-3-14(17)4-6-15/h3-6H,2,7-12,17H2,1H3. The molecule has 1 aliphatic heterocycles. The highest BCUT2D eigenvalue weighted by Crippen LogP contribution is 2.13. The highest BCUT2D eigenvalue weighted by molar-refractivity contribution is 5.73. The summed E-state index contributed by atoms with van der Waals surface area (Å²) < 4.78 is 10.1. The minimum atomic E-state index is -0.712. The molecule has 0 aliphatic carbocycles. The first-order valence-electron chi connectivity index (χ1n) is 7.72. The van der Waals surface area contributed by atoms with Gasteiger partial charge in [0.25, 0.3) is 0 Å². The fourth-order valence-corrected chi connectivity index (χ4v) is 2.39. The first kappa shape index (κ1) is 17.1. The monoisotopic (exact) mass is 321 g/mol. The quantitative estimate of drug-likeness (QED) is 0.381. The molecule has 0 spiro atoms. The number of rotatable bonds is 5. The van der Waals surface area contributed by atoms with Gasteiger partial charge in [-0.15, -0.1) is 0 Å². The average Bonchev–Trinajstić information content (AvgIpc) is 2.54. The van der Waals surface area contributed by atoms with Crippen molar-refractivity contribution in [2.75, 3.05) is 45.1 Å². The molecule has 0 radical (unpaired) electrons. The van der Waals surface area contributed by atoms with E-state index in [1.807, 2.05) is 4.90 Å². The normalized spacial score (nSPS) is 15.3. The number of piperazine rings is 1. The molecule has 126 valence electrons. The van der Waals surface area contributed by atoms with Crippen LogP contribution in [-0.4, -0.2) is 61.2 Å². The number of nitrogens with zero attached hydrogens (tertiary/aromatic N) is 2. The smallest absolute Gasteiger partial charge is 0.434 e. The van der Waals surface area contributed by atoms with Gasteiger partial charge < -0.3 is 20.1 Å². The van der Waals surface area contributed by atoms with Crippen molar-refractivity contribution in [1.82, 2.24) is 9.80 Å². The molecule has 1 saturated heterocycles. The molecule has 1 heterocycles. The maximum absolute atomic E-state index is 11.5. The Kier molecular flexibility index (Phi) is 6.22. The predicted molar refractivity (Wildman–Crippen MR) is 86.1 cm³/mol. The summed E-state index contributed by atoms with van der Waals surface area (Å²) in [6.07, 6.45) is 0.0212. The van der Waals surface area contributed by atoms with Gasteiger partial charge in [-0.2, -0.15) is 0 Å². The predicted octanol–water partition coefficient (Wildman–Crippen LogP) is 1.34. The summed E-state index contributed by atoms with van der Waals surface area (Å²) in [5.74, 6) is 0.531. The van der Waals surface area contributed by atoms with Gasteiger partial charge in [0, 0.05) is 45.3 Å². The van der Waals surface area contributed by atoms with Crippen LogP contribution in [0.1, 0.15) is 13.3 Å². The SMILES string of the molecule is CC(=O)N1CCN(CCCOC(=O)Oc2ccc(N)cc2)CC1. The Hall–Kier alpha value is -2.28. The molecule has 1 aliphatic rings. The van der Waals surface area contributed by atoms with Crippen molar-refractivity contribution >= 4 is 17.7 Å². The van der Waals surface area contributed by atoms with E-state index in [1.165, 1.54) is 0 Å². The lowest BCUT2D eigenvalue weighted by atomic mass is 10.3. The van der Waals surface area contributed by atoms with Gasteiger partial charge in [-0.3, -0.25) is 9.69 Å². The minimum absolute atomic E-state index is 0.124. The minimum Gasteiger partial charge on any atom is -0.434 e. The van der Waals surface area contributed by atoms with Crippen LogP contribution in [0.25, 0.3) is 0 Å². The second-order valence-electron chi connectivity index (χ2n) is 5.47. The van der Waals surface area contributed by atoms with Crippen molar-refractivity contribution in [3.05, 3.63) is 24.3 Å². The summed E-state index contributed by atoms with van der Waals surface area (Å²) >= 11 is 0. The molecule has 1 fully saturated rings. The molecular weight excluding hydrogens is 298 g/mol. The van der Waals surface area contributed by atoms with Gasteiger partial charge in [0.2, 0.25) is 5.91 Å². The van der Waals surface area contributed by atoms with E-state index in [9.17, 15) is 9.59 Å². The molecule has 0 unspecified atom stereocenters. The van der Waals surface area contributed by atoms with Crippen LogP contribution in [0.4, 0.5) is 10.5 Å². The first-order chi connectivity index (χ1) is 11.0. The van der Waals surface area contributed by atoms with Crippen molar-refractivity contribution in [1.29, 1.82) is 0 Å². The first-order valence-corrected chi connectivity index (χ1v) is 7.72. The lowest BCUT2D eigenvalue weighted by Crippen LogP contribution is -2.48. The Balaban J connectivity index is 1.57. The Morgan fingerprint density at radius 3 is 2.39 bits per heavy atom. The molecule has 7 nitrogen and oxygen atoms in total. The van der Waals surface area contributed by atoms with Crippen molar-refractivity contribution < 1.29 is 19.1 Å². The third-order valence-electron chi connectivity index (χ3n) is 3.74. The van der Waals surface area contributed by atoms with Crippen LogP contribution < -0.4 is 10.5 Å². The van der Waals surface area contributed by atoms with Gasteiger partial charge >= 0.3 is 6.16 Å². The number of anilines is 1. The van der Waals surface area contributed by atoms with Crippen LogP contribution in [0.2, 0.25) is 0 Å². The highest BCUT2D eigenvalue weighted by atomic mass is 16.7. The number of amides is 1. The molecule has 23 heavy (non-hydrogen) atoms. The van der Waals surface area contributed by atoms with Gasteiger partial charge in [-0.25, -0.2) is 4.79 Å². The molecule has 1 amide bonds. The van der Waals surface area contributed by atoms with Gasteiger partial charge in [-0.1, -0.05) is 0 Å². The maximum Gasteiger partial charge on any atom is 0.513 e. The number of nitrogens with two attached hydrogens (primary N) is 1. The lowest BCUT2D eigenvalue weighted by Gasteiger charge is -2.34. The number of carbonyl (C=O) groups is 2. The van der Waals surface area contributed by atoms with Crippen LogP contribution in [0.3, 0.4) is 0 Å². The molecule has 1 aromatic carbocycles. The number of carbonyl (C=O) groups excluding carboxylic acids is 2. The second-order valence-corrected chi connectivity index (χ2v) is 5.47. The van der Waals surface area contributed by atoms with E-state index in [4.69, 9.17) is 15.2 Å². The summed E-state index contributed by atoms with van der Waals surface area (Å²) in [5.41, 5.74) is 6.16. The van der Waals surface area contributed by atoms with Crippen molar-refractivity contribution in [2.24, 2.45) is 0 Å². The number of nitrogen functional groups attached to an aromatic ring is 1. The van der Waals surface area contributed by atoms with E-state index in [2.05, 4.69) is 4.90 Å². The summed E-state index contributed by atoms with van der Waals surface area (Å²) in [7, 11) is 0. The van der Waals surface area contributed by atoms with E-state index < -0.39 is 6.16 Å². The van der Waals surface area contributed by atoms with Crippen molar-refractivity contribution in [3.8, 4) is 5.75 Å². The van der Waals surface area contributed by atoms with Gasteiger partial charge in [0.1, 0.15) is 5.75 Å². The van der Waals surface area contributed by atoms with Crippen LogP contribution in [0, 0.1) is 0 Å². The Labute approximate surface area is 135 Å². The highest BCUT2D eigenvalue weighted by Gasteiger charge is 2.18. The fourth-order valence-electron chi connectivity index (χ4n) is 2.39. The summed E-state index contributed by atoms with van der Waals surface area (Å²) in [4.78, 5) is 26.9. The van der Waals surface area contributed by atoms with Crippen molar-refractivity contribution in [2.45, 2.75) is 13.3 Å². The molecular formula is C16H23N3O4. The van der Waals surface area contributed by atoms with E-state index in [-0.39, 0.29) is 5.91 Å². The zero-order valence-electron chi connectivity index (χ0n) is 13.4. The van der Waals surface area contributed by atoms with Crippen molar-refractivity contribution in [3.63, 3.8) is 0 Å². The Morgan fingerprint density at radius 1 is 1.13 bits per heavy atom. The second kappa shape index (κ2) is 8.38. The van der Waals surface area contributed by atoms with E-state index in [1.54, 1.807) is 31.2 Å². The fraction of sp³-hybridized carbons (Fsp3) is 0.500. The zero-order chi connectivity index (χ0) is 16.7. The van der Waals surface area contributed by atoms with E-state index in [0.29, 0.717) is 18.0 Å². The number of hydrogen-bond acceptors (Lipinski definition) is 6. The van der Waals surface area contributed by atoms with E-state index in [0.717, 1.165) is 39.1 Å².